The van der Waals surface area contributed by atoms with E-state index in [2.05, 4.69) is 4.72 Å². The summed E-state index contributed by atoms with van der Waals surface area (Å²) in [6.45, 7) is 0.110. The quantitative estimate of drug-likeness (QED) is 0.673. The predicted octanol–water partition coefficient (Wildman–Crippen LogP) is 2.79. The maximum Gasteiger partial charge on any atom is 0.270 e. The van der Waals surface area contributed by atoms with Gasteiger partial charge in [0.2, 0.25) is 10.0 Å². The summed E-state index contributed by atoms with van der Waals surface area (Å²) in [6.07, 6.45) is 0. The molecular formula is C11H9ClN2O4S2. The third-order valence-corrected chi connectivity index (χ3v) is 5.19. The van der Waals surface area contributed by atoms with Gasteiger partial charge in [0.05, 0.1) is 9.95 Å². The van der Waals surface area contributed by atoms with E-state index in [0.717, 1.165) is 17.0 Å². The van der Waals surface area contributed by atoms with E-state index in [0.29, 0.717) is 0 Å². The van der Waals surface area contributed by atoms with Crippen LogP contribution in [-0.4, -0.2) is 13.3 Å². The lowest BCUT2D eigenvalue weighted by Crippen LogP contribution is -2.23. The number of halogens is 1. The van der Waals surface area contributed by atoms with Crippen LogP contribution in [0.15, 0.2) is 40.6 Å². The molecule has 0 saturated heterocycles. The Bertz CT molecular complexity index is 729. The summed E-state index contributed by atoms with van der Waals surface area (Å²) >= 11 is 7.21. The van der Waals surface area contributed by atoms with Crippen molar-refractivity contribution in [1.82, 2.24) is 4.72 Å². The molecule has 0 fully saturated rings. The number of rotatable bonds is 5. The summed E-state index contributed by atoms with van der Waals surface area (Å²) in [6, 6.07) is 6.87. The van der Waals surface area contributed by atoms with Crippen molar-refractivity contribution in [3.05, 3.63) is 55.7 Å². The Morgan fingerprint density at radius 2 is 2.10 bits per heavy atom. The molecule has 0 bridgehead atoms. The fourth-order valence-electron chi connectivity index (χ4n) is 1.47. The molecule has 0 atom stereocenters. The Hall–Kier alpha value is -1.48. The van der Waals surface area contributed by atoms with Gasteiger partial charge in [-0.3, -0.25) is 10.1 Å². The monoisotopic (exact) mass is 332 g/mol. The molecule has 1 heterocycles. The minimum Gasteiger partial charge on any atom is -0.258 e. The van der Waals surface area contributed by atoms with E-state index in [-0.39, 0.29) is 22.2 Å². The van der Waals surface area contributed by atoms with E-state index in [1.54, 1.807) is 12.1 Å². The van der Waals surface area contributed by atoms with Crippen LogP contribution in [0, 0.1) is 10.1 Å². The van der Waals surface area contributed by atoms with Crippen LogP contribution in [0.2, 0.25) is 5.02 Å². The number of thiophene rings is 1. The summed E-state index contributed by atoms with van der Waals surface area (Å²) in [5.74, 6) is 0. The molecule has 1 aromatic heterocycles. The standard InChI is InChI=1S/C11H9ClN2O4S2/c12-10-4-3-8(14(15)16)6-11(10)20(17,18)13-7-9-2-1-5-19-9/h1-6,13H,7H2. The molecule has 1 N–H and O–H groups in total. The zero-order chi connectivity index (χ0) is 14.8. The molecule has 0 aliphatic rings. The number of non-ortho nitro benzene ring substituents is 1. The number of nitrogens with zero attached hydrogens (tertiary/aromatic N) is 1. The van der Waals surface area contributed by atoms with Crippen LogP contribution in [0.4, 0.5) is 5.69 Å². The first-order valence-corrected chi connectivity index (χ1v) is 8.10. The molecule has 0 unspecified atom stereocenters. The first kappa shape index (κ1) is 14.9. The van der Waals surface area contributed by atoms with E-state index >= 15 is 0 Å². The van der Waals surface area contributed by atoms with Gasteiger partial charge in [-0.15, -0.1) is 11.3 Å². The minimum atomic E-state index is -3.90. The van der Waals surface area contributed by atoms with Gasteiger partial charge in [-0.1, -0.05) is 17.7 Å². The second-order valence-electron chi connectivity index (χ2n) is 3.78. The lowest BCUT2D eigenvalue weighted by atomic mass is 10.3. The van der Waals surface area contributed by atoms with Crippen molar-refractivity contribution in [3.8, 4) is 0 Å². The molecule has 0 saturated carbocycles. The van der Waals surface area contributed by atoms with Crippen molar-refractivity contribution in [2.45, 2.75) is 11.4 Å². The zero-order valence-corrected chi connectivity index (χ0v) is 12.3. The summed E-state index contributed by atoms with van der Waals surface area (Å²) in [5, 5.41) is 12.4. The number of sulfonamides is 1. The van der Waals surface area contributed by atoms with Gasteiger partial charge in [0.25, 0.3) is 5.69 Å². The molecular weight excluding hydrogens is 324 g/mol. The third-order valence-electron chi connectivity index (χ3n) is 2.43. The second kappa shape index (κ2) is 5.88. The minimum absolute atomic E-state index is 0.0609. The molecule has 2 aromatic rings. The van der Waals surface area contributed by atoms with Crippen molar-refractivity contribution < 1.29 is 13.3 Å². The van der Waals surface area contributed by atoms with Crippen molar-refractivity contribution in [3.63, 3.8) is 0 Å². The SMILES string of the molecule is O=[N+]([O-])c1ccc(Cl)c(S(=O)(=O)NCc2cccs2)c1. The van der Waals surface area contributed by atoms with Crippen molar-refractivity contribution in [2.75, 3.05) is 0 Å². The number of benzene rings is 1. The average Bonchev–Trinajstić information content (AvgIpc) is 2.89. The summed E-state index contributed by atoms with van der Waals surface area (Å²) in [7, 11) is -3.90. The van der Waals surface area contributed by atoms with Gasteiger partial charge in [0.15, 0.2) is 0 Å². The van der Waals surface area contributed by atoms with Gasteiger partial charge in [-0.2, -0.15) is 0 Å². The number of nitro benzene ring substituents is 1. The Kier molecular flexibility index (Phi) is 4.39. The van der Waals surface area contributed by atoms with E-state index in [1.165, 1.54) is 17.4 Å². The second-order valence-corrected chi connectivity index (χ2v) is 6.95. The molecule has 20 heavy (non-hydrogen) atoms. The van der Waals surface area contributed by atoms with Crippen LogP contribution in [0.1, 0.15) is 4.88 Å². The molecule has 9 heteroatoms. The maximum atomic E-state index is 12.1. The first-order chi connectivity index (χ1) is 9.40. The highest BCUT2D eigenvalue weighted by Gasteiger charge is 2.21. The van der Waals surface area contributed by atoms with Crippen LogP contribution in [0.3, 0.4) is 0 Å². The van der Waals surface area contributed by atoms with Crippen molar-refractivity contribution in [1.29, 1.82) is 0 Å². The zero-order valence-electron chi connectivity index (χ0n) is 9.95. The van der Waals surface area contributed by atoms with Gasteiger partial charge < -0.3 is 0 Å². The van der Waals surface area contributed by atoms with Crippen LogP contribution >= 0.6 is 22.9 Å². The molecule has 2 rings (SSSR count). The molecule has 6 nitrogen and oxygen atoms in total. The number of nitro groups is 1. The van der Waals surface area contributed by atoms with Crippen molar-refractivity contribution >= 4 is 38.6 Å². The number of hydrogen-bond donors (Lipinski definition) is 1. The molecule has 0 aliphatic heterocycles. The van der Waals surface area contributed by atoms with E-state index in [1.807, 2.05) is 5.38 Å². The van der Waals surface area contributed by atoms with Gasteiger partial charge in [-0.25, -0.2) is 13.1 Å². The van der Waals surface area contributed by atoms with E-state index in [9.17, 15) is 18.5 Å². The molecule has 106 valence electrons. The lowest BCUT2D eigenvalue weighted by Gasteiger charge is -2.07. The Morgan fingerprint density at radius 3 is 2.70 bits per heavy atom. The molecule has 0 amide bonds. The van der Waals surface area contributed by atoms with Gasteiger partial charge in [-0.05, 0) is 17.5 Å². The molecule has 0 aliphatic carbocycles. The highest BCUT2D eigenvalue weighted by atomic mass is 35.5. The fraction of sp³-hybridized carbons (Fsp3) is 0.0909. The lowest BCUT2D eigenvalue weighted by molar-refractivity contribution is -0.385. The first-order valence-electron chi connectivity index (χ1n) is 5.36. The Morgan fingerprint density at radius 1 is 1.35 bits per heavy atom. The van der Waals surface area contributed by atoms with Gasteiger partial charge >= 0.3 is 0 Å². The Balaban J connectivity index is 2.28. The van der Waals surface area contributed by atoms with E-state index < -0.39 is 14.9 Å². The fourth-order valence-corrected chi connectivity index (χ4v) is 3.73. The molecule has 0 radical (unpaired) electrons. The molecule has 1 aromatic carbocycles. The predicted molar refractivity (Wildman–Crippen MR) is 76.5 cm³/mol. The van der Waals surface area contributed by atoms with Gasteiger partial charge in [0, 0.05) is 23.6 Å². The number of hydrogen-bond acceptors (Lipinski definition) is 5. The summed E-state index contributed by atoms with van der Waals surface area (Å²) in [4.78, 5) is 10.5. The van der Waals surface area contributed by atoms with Crippen LogP contribution in [0.25, 0.3) is 0 Å². The van der Waals surface area contributed by atoms with Gasteiger partial charge in [0.1, 0.15) is 4.90 Å². The van der Waals surface area contributed by atoms with E-state index in [4.69, 9.17) is 11.6 Å². The maximum absolute atomic E-state index is 12.1. The van der Waals surface area contributed by atoms with Crippen LogP contribution in [0.5, 0.6) is 0 Å². The topological polar surface area (TPSA) is 89.3 Å². The smallest absolute Gasteiger partial charge is 0.258 e. The van der Waals surface area contributed by atoms with Crippen LogP contribution < -0.4 is 4.72 Å². The largest absolute Gasteiger partial charge is 0.270 e. The van der Waals surface area contributed by atoms with Crippen molar-refractivity contribution in [2.24, 2.45) is 0 Å². The average molecular weight is 333 g/mol. The highest BCUT2D eigenvalue weighted by Crippen LogP contribution is 2.26. The summed E-state index contributed by atoms with van der Waals surface area (Å²) < 4.78 is 26.6. The number of nitrogens with one attached hydrogen (secondary N) is 1. The molecule has 0 spiro atoms. The third kappa shape index (κ3) is 3.34. The summed E-state index contributed by atoms with van der Waals surface area (Å²) in [5.41, 5.74) is -0.328. The van der Waals surface area contributed by atoms with Crippen LogP contribution in [-0.2, 0) is 16.6 Å². The highest BCUT2D eigenvalue weighted by molar-refractivity contribution is 7.89. The Labute approximate surface area is 124 Å². The normalized spacial score (nSPS) is 11.4.